The molecule has 1 amide bonds. The number of amides is 1. The summed E-state index contributed by atoms with van der Waals surface area (Å²) in [5, 5.41) is 10.8. The van der Waals surface area contributed by atoms with E-state index in [2.05, 4.69) is 40.7 Å². The highest BCUT2D eigenvalue weighted by molar-refractivity contribution is 5.99. The fraction of sp³-hybridized carbons (Fsp3) is 0.667. The van der Waals surface area contributed by atoms with Gasteiger partial charge in [-0.2, -0.15) is 0 Å². The van der Waals surface area contributed by atoms with Crippen molar-refractivity contribution in [1.29, 1.82) is 0 Å². The normalized spacial score (nSPS) is 20.8. The lowest BCUT2D eigenvalue weighted by atomic mass is 9.90. The van der Waals surface area contributed by atoms with Crippen molar-refractivity contribution in [3.8, 4) is 0 Å². The van der Waals surface area contributed by atoms with E-state index in [1.807, 2.05) is 12.1 Å². The van der Waals surface area contributed by atoms with Crippen molar-refractivity contribution in [3.05, 3.63) is 34.9 Å². The van der Waals surface area contributed by atoms with Crippen molar-refractivity contribution in [2.75, 3.05) is 0 Å². The van der Waals surface area contributed by atoms with Crippen molar-refractivity contribution in [2.45, 2.75) is 90.8 Å². The van der Waals surface area contributed by atoms with Crippen LogP contribution in [-0.4, -0.2) is 21.5 Å². The van der Waals surface area contributed by atoms with Crippen LogP contribution in [0.3, 0.4) is 0 Å². The molecule has 0 aromatic heterocycles. The number of benzene rings is 1. The number of carbonyl (C=O) groups excluding carboxylic acids is 1. The van der Waals surface area contributed by atoms with Gasteiger partial charge in [-0.1, -0.05) is 52.7 Å². The van der Waals surface area contributed by atoms with Crippen molar-refractivity contribution in [3.63, 3.8) is 0 Å². The quantitative estimate of drug-likeness (QED) is 0.693. The van der Waals surface area contributed by atoms with E-state index in [9.17, 15) is 9.90 Å². The molecule has 3 heteroatoms. The summed E-state index contributed by atoms with van der Waals surface area (Å²) in [6.45, 7) is 10.7. The second-order valence-corrected chi connectivity index (χ2v) is 7.39. The zero-order valence-electron chi connectivity index (χ0n) is 15.9. The van der Waals surface area contributed by atoms with E-state index in [1.165, 1.54) is 5.56 Å². The Morgan fingerprint density at radius 3 is 2.46 bits per heavy atom. The minimum absolute atomic E-state index is 0.0106. The molecule has 134 valence electrons. The Labute approximate surface area is 147 Å². The van der Waals surface area contributed by atoms with Gasteiger partial charge in [-0.25, -0.2) is 0 Å². The summed E-state index contributed by atoms with van der Waals surface area (Å²) in [6.07, 6.45) is 5.29. The first kappa shape index (κ1) is 19.0. The van der Waals surface area contributed by atoms with Crippen LogP contribution in [-0.2, 0) is 0 Å². The Balaban J connectivity index is 2.39. The second kappa shape index (κ2) is 7.69. The van der Waals surface area contributed by atoms with E-state index in [1.54, 1.807) is 4.90 Å². The smallest absolute Gasteiger partial charge is 0.257 e. The van der Waals surface area contributed by atoms with Gasteiger partial charge in [0.15, 0.2) is 6.23 Å². The predicted molar refractivity (Wildman–Crippen MR) is 99.1 cm³/mol. The summed E-state index contributed by atoms with van der Waals surface area (Å²) in [4.78, 5) is 14.8. The van der Waals surface area contributed by atoms with E-state index in [-0.39, 0.29) is 11.4 Å². The number of hydrogen-bond acceptors (Lipinski definition) is 2. The molecule has 0 saturated heterocycles. The molecule has 3 atom stereocenters. The molecule has 0 spiro atoms. The number of nitrogens with zero attached hydrogens (tertiary/aromatic N) is 1. The summed E-state index contributed by atoms with van der Waals surface area (Å²) in [7, 11) is 0. The molecule has 0 saturated carbocycles. The second-order valence-electron chi connectivity index (χ2n) is 7.39. The van der Waals surface area contributed by atoms with Crippen molar-refractivity contribution in [2.24, 2.45) is 0 Å². The summed E-state index contributed by atoms with van der Waals surface area (Å²) in [5.74, 6) is 0.482. The topological polar surface area (TPSA) is 40.5 Å². The highest BCUT2D eigenvalue weighted by Crippen LogP contribution is 2.41. The maximum atomic E-state index is 13.1. The van der Waals surface area contributed by atoms with Gasteiger partial charge in [0.05, 0.1) is 0 Å². The number of aliphatic hydroxyl groups is 1. The van der Waals surface area contributed by atoms with Crippen LogP contribution in [0.1, 0.15) is 107 Å². The van der Waals surface area contributed by atoms with Crippen molar-refractivity contribution >= 4 is 5.91 Å². The van der Waals surface area contributed by atoms with Crippen LogP contribution in [0.2, 0.25) is 0 Å². The summed E-state index contributed by atoms with van der Waals surface area (Å²) in [5.41, 5.74) is 2.41. The average Bonchev–Trinajstić information content (AvgIpc) is 2.84. The first-order valence-corrected chi connectivity index (χ1v) is 9.59. The molecule has 1 aliphatic heterocycles. The van der Waals surface area contributed by atoms with Gasteiger partial charge in [0.1, 0.15) is 0 Å². The molecule has 0 fully saturated rings. The first-order chi connectivity index (χ1) is 11.4. The lowest BCUT2D eigenvalue weighted by Crippen LogP contribution is -2.48. The molecule has 1 aromatic carbocycles. The number of hydrogen-bond donors (Lipinski definition) is 1. The van der Waals surface area contributed by atoms with Crippen LogP contribution in [0, 0.1) is 0 Å². The lowest BCUT2D eigenvalue weighted by molar-refractivity contribution is -0.0387. The van der Waals surface area contributed by atoms with Crippen LogP contribution >= 0.6 is 0 Å². The Bertz CT molecular complexity index is 583. The molecule has 1 N–H and O–H groups in total. The van der Waals surface area contributed by atoms with Crippen molar-refractivity contribution < 1.29 is 9.90 Å². The molecule has 1 heterocycles. The molecule has 1 aromatic rings. The van der Waals surface area contributed by atoms with E-state index in [0.29, 0.717) is 11.5 Å². The van der Waals surface area contributed by atoms with Crippen LogP contribution in [0.4, 0.5) is 0 Å². The maximum absolute atomic E-state index is 13.1. The number of aliphatic hydroxyl groups excluding tert-OH is 1. The number of fused-ring (bicyclic) bond motifs is 1. The van der Waals surface area contributed by atoms with Gasteiger partial charge in [0.25, 0.3) is 5.91 Å². The lowest BCUT2D eigenvalue weighted by Gasteiger charge is -2.40. The predicted octanol–water partition coefficient (Wildman–Crippen LogP) is 5.40. The maximum Gasteiger partial charge on any atom is 0.257 e. The highest BCUT2D eigenvalue weighted by atomic mass is 16.3. The van der Waals surface area contributed by atoms with Crippen LogP contribution in [0.5, 0.6) is 0 Å². The van der Waals surface area contributed by atoms with E-state index in [0.717, 1.165) is 44.1 Å². The standard InChI is InChI=1S/C21H33NO2/c1-6-10-15(8-3)16-11-12-17-18(14-16)20(24)22(19(17)23)21(5,9-4)13-7-2/h11-12,14-15,19,23H,6-10,13H2,1-5H3. The Morgan fingerprint density at radius 1 is 1.21 bits per heavy atom. The Morgan fingerprint density at radius 2 is 1.92 bits per heavy atom. The van der Waals surface area contributed by atoms with Crippen LogP contribution < -0.4 is 0 Å². The Kier molecular flexibility index (Phi) is 6.08. The minimum atomic E-state index is -0.815. The third kappa shape index (κ3) is 3.23. The molecule has 0 bridgehead atoms. The Hall–Kier alpha value is -1.35. The molecule has 0 aliphatic carbocycles. The molecule has 3 unspecified atom stereocenters. The molecular formula is C21H33NO2. The monoisotopic (exact) mass is 331 g/mol. The van der Waals surface area contributed by atoms with Gasteiger partial charge in [-0.15, -0.1) is 0 Å². The summed E-state index contributed by atoms with van der Waals surface area (Å²) in [6, 6.07) is 6.10. The third-order valence-electron chi connectivity index (χ3n) is 5.78. The van der Waals surface area contributed by atoms with Gasteiger partial charge in [-0.05, 0) is 50.2 Å². The van der Waals surface area contributed by atoms with Gasteiger partial charge >= 0.3 is 0 Å². The molecule has 3 nitrogen and oxygen atoms in total. The van der Waals surface area contributed by atoms with Gasteiger partial charge in [0.2, 0.25) is 0 Å². The van der Waals surface area contributed by atoms with Gasteiger partial charge in [-0.3, -0.25) is 4.79 Å². The van der Waals surface area contributed by atoms with Crippen LogP contribution in [0.25, 0.3) is 0 Å². The zero-order valence-corrected chi connectivity index (χ0v) is 15.9. The minimum Gasteiger partial charge on any atom is -0.369 e. The fourth-order valence-electron chi connectivity index (χ4n) is 4.12. The number of rotatable bonds is 8. The third-order valence-corrected chi connectivity index (χ3v) is 5.78. The SMILES string of the molecule is CCCC(CC)c1ccc2c(c1)C(=O)N(C(C)(CC)CCC)C2O. The molecule has 24 heavy (non-hydrogen) atoms. The van der Waals surface area contributed by atoms with Crippen LogP contribution in [0.15, 0.2) is 18.2 Å². The van der Waals surface area contributed by atoms with E-state index in [4.69, 9.17) is 0 Å². The van der Waals surface area contributed by atoms with E-state index >= 15 is 0 Å². The molecule has 1 aliphatic rings. The summed E-state index contributed by atoms with van der Waals surface area (Å²) < 4.78 is 0. The number of carbonyl (C=O) groups is 1. The fourth-order valence-corrected chi connectivity index (χ4v) is 4.12. The molecule has 0 radical (unpaired) electrons. The van der Waals surface area contributed by atoms with Gasteiger partial charge < -0.3 is 10.0 Å². The highest BCUT2D eigenvalue weighted by Gasteiger charge is 2.44. The largest absolute Gasteiger partial charge is 0.369 e. The van der Waals surface area contributed by atoms with Gasteiger partial charge in [0, 0.05) is 16.7 Å². The van der Waals surface area contributed by atoms with Crippen molar-refractivity contribution in [1.82, 2.24) is 4.90 Å². The first-order valence-electron chi connectivity index (χ1n) is 9.59. The zero-order chi connectivity index (χ0) is 17.9. The van der Waals surface area contributed by atoms with E-state index < -0.39 is 6.23 Å². The average molecular weight is 332 g/mol. The molecule has 2 rings (SSSR count). The molecular weight excluding hydrogens is 298 g/mol. The summed E-state index contributed by atoms with van der Waals surface area (Å²) >= 11 is 0.